The highest BCUT2D eigenvalue weighted by Gasteiger charge is 2.27. The Morgan fingerprint density at radius 3 is 2.46 bits per heavy atom. The number of aryl methyl sites for hydroxylation is 1. The number of aromatic nitrogens is 4. The van der Waals surface area contributed by atoms with E-state index < -0.39 is 0 Å². The van der Waals surface area contributed by atoms with Gasteiger partial charge in [-0.3, -0.25) is 9.48 Å². The zero-order valence-electron chi connectivity index (χ0n) is 15.9. The zero-order chi connectivity index (χ0) is 19.5. The number of rotatable bonds is 4. The van der Waals surface area contributed by atoms with Crippen LogP contribution in [0.5, 0.6) is 5.75 Å². The number of hydrogen-bond donors (Lipinski definition) is 0. The van der Waals surface area contributed by atoms with Crippen molar-refractivity contribution in [1.82, 2.24) is 24.6 Å². The van der Waals surface area contributed by atoms with Gasteiger partial charge in [0.2, 0.25) is 5.95 Å². The molecule has 0 atom stereocenters. The van der Waals surface area contributed by atoms with Gasteiger partial charge in [-0.1, -0.05) is 12.1 Å². The Kier molecular flexibility index (Phi) is 4.92. The number of anilines is 1. The molecule has 28 heavy (non-hydrogen) atoms. The summed E-state index contributed by atoms with van der Waals surface area (Å²) in [6.07, 6.45) is 5.24. The van der Waals surface area contributed by atoms with Gasteiger partial charge in [0.25, 0.3) is 5.91 Å². The van der Waals surface area contributed by atoms with Crippen LogP contribution in [0.3, 0.4) is 0 Å². The monoisotopic (exact) mass is 378 g/mol. The lowest BCUT2D eigenvalue weighted by Crippen LogP contribution is -2.49. The summed E-state index contributed by atoms with van der Waals surface area (Å²) in [5.41, 5.74) is 2.03. The lowest BCUT2D eigenvalue weighted by Gasteiger charge is -2.34. The second-order valence-electron chi connectivity index (χ2n) is 6.59. The van der Waals surface area contributed by atoms with Gasteiger partial charge in [0.15, 0.2) is 0 Å². The van der Waals surface area contributed by atoms with Crippen LogP contribution in [0.2, 0.25) is 0 Å². The zero-order valence-corrected chi connectivity index (χ0v) is 15.9. The number of carbonyl (C=O) groups excluding carboxylic acids is 1. The van der Waals surface area contributed by atoms with E-state index >= 15 is 0 Å². The number of para-hydroxylation sites is 1. The molecule has 0 spiro atoms. The van der Waals surface area contributed by atoms with Gasteiger partial charge in [0.05, 0.1) is 12.7 Å². The molecule has 0 radical (unpaired) electrons. The number of ether oxygens (including phenoxy) is 1. The third-order valence-corrected chi connectivity index (χ3v) is 4.82. The molecule has 0 bridgehead atoms. The first-order valence-corrected chi connectivity index (χ1v) is 9.15. The highest BCUT2D eigenvalue weighted by molar-refractivity contribution is 6.00. The van der Waals surface area contributed by atoms with Crippen molar-refractivity contribution in [3.05, 3.63) is 54.5 Å². The Labute approximate surface area is 163 Å². The lowest BCUT2D eigenvalue weighted by atomic mass is 10.1. The molecule has 3 aromatic rings. The van der Waals surface area contributed by atoms with Crippen molar-refractivity contribution in [2.45, 2.75) is 0 Å². The fourth-order valence-electron chi connectivity index (χ4n) is 3.42. The van der Waals surface area contributed by atoms with Gasteiger partial charge in [-0.2, -0.15) is 5.10 Å². The van der Waals surface area contributed by atoms with Gasteiger partial charge in [-0.15, -0.1) is 0 Å². The predicted octanol–water partition coefficient (Wildman–Crippen LogP) is 1.85. The van der Waals surface area contributed by atoms with Gasteiger partial charge in [0, 0.05) is 57.4 Å². The van der Waals surface area contributed by atoms with E-state index in [1.165, 1.54) is 0 Å². The fraction of sp³-hybridized carbons (Fsp3) is 0.300. The summed E-state index contributed by atoms with van der Waals surface area (Å²) in [5.74, 6) is 1.37. The van der Waals surface area contributed by atoms with E-state index in [4.69, 9.17) is 4.74 Å². The van der Waals surface area contributed by atoms with E-state index in [2.05, 4.69) is 20.0 Å². The van der Waals surface area contributed by atoms with Crippen LogP contribution in [0.1, 0.15) is 10.4 Å². The smallest absolute Gasteiger partial charge is 0.257 e. The molecule has 1 saturated heterocycles. The van der Waals surface area contributed by atoms with Crippen LogP contribution in [-0.4, -0.2) is 63.8 Å². The van der Waals surface area contributed by atoms with Crippen LogP contribution in [0.25, 0.3) is 11.3 Å². The topological polar surface area (TPSA) is 76.4 Å². The van der Waals surface area contributed by atoms with Crippen molar-refractivity contribution in [3.8, 4) is 17.0 Å². The van der Waals surface area contributed by atoms with Crippen LogP contribution >= 0.6 is 0 Å². The molecule has 1 amide bonds. The largest absolute Gasteiger partial charge is 0.496 e. The summed E-state index contributed by atoms with van der Waals surface area (Å²) in [7, 11) is 3.44. The quantitative estimate of drug-likeness (QED) is 0.690. The summed E-state index contributed by atoms with van der Waals surface area (Å²) < 4.78 is 7.13. The van der Waals surface area contributed by atoms with Crippen LogP contribution in [0, 0.1) is 0 Å². The average Bonchev–Trinajstić information content (AvgIpc) is 3.15. The van der Waals surface area contributed by atoms with Gasteiger partial charge in [-0.05, 0) is 18.2 Å². The van der Waals surface area contributed by atoms with Crippen molar-refractivity contribution in [1.29, 1.82) is 0 Å². The number of benzene rings is 1. The molecular formula is C20H22N6O2. The molecule has 0 saturated carbocycles. The molecule has 2 aromatic heterocycles. The molecule has 8 heteroatoms. The SMILES string of the molecule is COc1ccccc1-c1nn(C)cc1C(=O)N1CCN(c2ncccn2)CC1. The molecule has 1 fully saturated rings. The minimum Gasteiger partial charge on any atom is -0.496 e. The van der Waals surface area contributed by atoms with Gasteiger partial charge < -0.3 is 14.5 Å². The number of carbonyl (C=O) groups is 1. The summed E-state index contributed by atoms with van der Waals surface area (Å²) in [4.78, 5) is 25.8. The molecule has 144 valence electrons. The number of nitrogens with zero attached hydrogens (tertiary/aromatic N) is 6. The molecule has 0 aliphatic carbocycles. The Bertz CT molecular complexity index is 964. The van der Waals surface area contributed by atoms with Crippen LogP contribution in [0.15, 0.2) is 48.9 Å². The highest BCUT2D eigenvalue weighted by atomic mass is 16.5. The summed E-state index contributed by atoms with van der Waals surface area (Å²) in [6, 6.07) is 9.40. The standard InChI is InChI=1S/C20H22N6O2/c1-24-14-16(18(23-24)15-6-3-4-7-17(15)28-2)19(27)25-10-12-26(13-11-25)20-21-8-5-9-22-20/h3-9,14H,10-13H2,1-2H3. The van der Waals surface area contributed by atoms with Crippen LogP contribution < -0.4 is 9.64 Å². The van der Waals surface area contributed by atoms with E-state index in [0.717, 1.165) is 5.56 Å². The summed E-state index contributed by atoms with van der Waals surface area (Å²) in [5, 5.41) is 4.53. The molecule has 4 rings (SSSR count). The van der Waals surface area contributed by atoms with E-state index in [9.17, 15) is 4.79 Å². The summed E-state index contributed by atoms with van der Waals surface area (Å²) >= 11 is 0. The Balaban J connectivity index is 1.55. The van der Waals surface area contributed by atoms with Crippen molar-refractivity contribution in [2.75, 3.05) is 38.2 Å². The maximum Gasteiger partial charge on any atom is 0.257 e. The molecule has 8 nitrogen and oxygen atoms in total. The van der Waals surface area contributed by atoms with Crippen molar-refractivity contribution in [3.63, 3.8) is 0 Å². The summed E-state index contributed by atoms with van der Waals surface area (Å²) in [6.45, 7) is 2.61. The second kappa shape index (κ2) is 7.67. The second-order valence-corrected chi connectivity index (χ2v) is 6.59. The third kappa shape index (κ3) is 3.40. The van der Waals surface area contributed by atoms with Gasteiger partial charge in [-0.25, -0.2) is 9.97 Å². The Hall–Kier alpha value is -3.42. The van der Waals surface area contributed by atoms with Crippen molar-refractivity contribution < 1.29 is 9.53 Å². The maximum absolute atomic E-state index is 13.2. The first-order chi connectivity index (χ1) is 13.7. The minimum absolute atomic E-state index is 0.0253. The fourth-order valence-corrected chi connectivity index (χ4v) is 3.42. The average molecular weight is 378 g/mol. The maximum atomic E-state index is 13.2. The lowest BCUT2D eigenvalue weighted by molar-refractivity contribution is 0.0747. The van der Waals surface area contributed by atoms with E-state index in [1.807, 2.05) is 36.2 Å². The molecular weight excluding hydrogens is 356 g/mol. The number of piperazine rings is 1. The molecule has 0 unspecified atom stereocenters. The number of methoxy groups -OCH3 is 1. The molecule has 0 N–H and O–H groups in total. The van der Waals surface area contributed by atoms with Crippen LogP contribution in [0.4, 0.5) is 5.95 Å². The third-order valence-electron chi connectivity index (χ3n) is 4.82. The van der Waals surface area contributed by atoms with Gasteiger partial charge in [0.1, 0.15) is 11.4 Å². The van der Waals surface area contributed by atoms with Crippen molar-refractivity contribution in [2.24, 2.45) is 7.05 Å². The van der Waals surface area contributed by atoms with Crippen LogP contribution in [-0.2, 0) is 7.05 Å². The Morgan fingerprint density at radius 1 is 1.04 bits per heavy atom. The highest BCUT2D eigenvalue weighted by Crippen LogP contribution is 2.31. The number of amides is 1. The van der Waals surface area contributed by atoms with E-state index in [0.29, 0.717) is 49.1 Å². The van der Waals surface area contributed by atoms with E-state index in [1.54, 1.807) is 36.4 Å². The molecule has 3 heterocycles. The molecule has 1 aliphatic heterocycles. The molecule has 1 aliphatic rings. The normalized spacial score (nSPS) is 14.2. The predicted molar refractivity (Wildman–Crippen MR) is 105 cm³/mol. The van der Waals surface area contributed by atoms with Gasteiger partial charge >= 0.3 is 0 Å². The molecule has 1 aromatic carbocycles. The Morgan fingerprint density at radius 2 is 1.75 bits per heavy atom. The van der Waals surface area contributed by atoms with E-state index in [-0.39, 0.29) is 5.91 Å². The minimum atomic E-state index is -0.0253. The number of hydrogen-bond acceptors (Lipinski definition) is 6. The first-order valence-electron chi connectivity index (χ1n) is 9.15. The first kappa shape index (κ1) is 18.0. The van der Waals surface area contributed by atoms with Crippen molar-refractivity contribution >= 4 is 11.9 Å².